The van der Waals surface area contributed by atoms with Crippen molar-refractivity contribution in [1.29, 1.82) is 0 Å². The molecule has 0 saturated heterocycles. The first kappa shape index (κ1) is 11.6. The van der Waals surface area contributed by atoms with Gasteiger partial charge in [-0.2, -0.15) is 0 Å². The molecule has 0 unspecified atom stereocenters. The van der Waals surface area contributed by atoms with Crippen molar-refractivity contribution < 1.29 is 9.18 Å². The van der Waals surface area contributed by atoms with Crippen LogP contribution >= 0.6 is 0 Å². The van der Waals surface area contributed by atoms with Crippen LogP contribution in [0.2, 0.25) is 0 Å². The molecule has 1 aromatic carbocycles. The third-order valence-electron chi connectivity index (χ3n) is 2.18. The zero-order valence-electron chi connectivity index (χ0n) is 8.92. The van der Waals surface area contributed by atoms with Gasteiger partial charge in [0.2, 0.25) is 0 Å². The standard InChI is InChI=1S/C13H15FO/c1-10(2)7-8-12(15)9-11-5-3-4-6-13(11)14/h3-6H,1,7-9H2,2H3. The molecule has 0 atom stereocenters. The summed E-state index contributed by atoms with van der Waals surface area (Å²) < 4.78 is 13.2. The van der Waals surface area contributed by atoms with Crippen LogP contribution in [-0.2, 0) is 11.2 Å². The van der Waals surface area contributed by atoms with Gasteiger partial charge >= 0.3 is 0 Å². The van der Waals surface area contributed by atoms with Crippen LogP contribution in [0.25, 0.3) is 0 Å². The Hall–Kier alpha value is -1.44. The zero-order valence-corrected chi connectivity index (χ0v) is 8.92. The van der Waals surface area contributed by atoms with Gasteiger partial charge < -0.3 is 0 Å². The lowest BCUT2D eigenvalue weighted by atomic mass is 10.0. The van der Waals surface area contributed by atoms with E-state index in [1.807, 2.05) is 6.92 Å². The van der Waals surface area contributed by atoms with E-state index >= 15 is 0 Å². The number of hydrogen-bond acceptors (Lipinski definition) is 1. The lowest BCUT2D eigenvalue weighted by Gasteiger charge is -2.02. The molecule has 0 radical (unpaired) electrons. The van der Waals surface area contributed by atoms with Gasteiger partial charge in [-0.15, -0.1) is 6.58 Å². The maximum Gasteiger partial charge on any atom is 0.137 e. The number of ketones is 1. The molecule has 0 aromatic heterocycles. The summed E-state index contributed by atoms with van der Waals surface area (Å²) in [5.74, 6) is -0.246. The predicted molar refractivity (Wildman–Crippen MR) is 59.2 cm³/mol. The summed E-state index contributed by atoms with van der Waals surface area (Å²) in [6.07, 6.45) is 1.32. The highest BCUT2D eigenvalue weighted by atomic mass is 19.1. The number of rotatable bonds is 5. The van der Waals surface area contributed by atoms with Crippen molar-refractivity contribution in [3.05, 3.63) is 47.8 Å². The average molecular weight is 206 g/mol. The summed E-state index contributed by atoms with van der Waals surface area (Å²) in [5.41, 5.74) is 1.46. The molecule has 0 aliphatic carbocycles. The summed E-state index contributed by atoms with van der Waals surface area (Å²) in [6.45, 7) is 5.61. The lowest BCUT2D eigenvalue weighted by Crippen LogP contribution is -2.04. The van der Waals surface area contributed by atoms with Gasteiger partial charge in [-0.25, -0.2) is 4.39 Å². The molecular weight excluding hydrogens is 191 g/mol. The van der Waals surface area contributed by atoms with Crippen LogP contribution in [0.4, 0.5) is 4.39 Å². The smallest absolute Gasteiger partial charge is 0.137 e. The van der Waals surface area contributed by atoms with Gasteiger partial charge in [0.05, 0.1) is 0 Å². The van der Waals surface area contributed by atoms with E-state index in [-0.39, 0.29) is 18.0 Å². The number of halogens is 1. The van der Waals surface area contributed by atoms with Gasteiger partial charge in [0, 0.05) is 12.8 Å². The van der Waals surface area contributed by atoms with E-state index in [2.05, 4.69) is 6.58 Å². The fourth-order valence-electron chi connectivity index (χ4n) is 1.30. The number of carbonyl (C=O) groups excluding carboxylic acids is 1. The fourth-order valence-corrected chi connectivity index (χ4v) is 1.30. The highest BCUT2D eigenvalue weighted by Gasteiger charge is 2.07. The van der Waals surface area contributed by atoms with E-state index < -0.39 is 0 Å². The topological polar surface area (TPSA) is 17.1 Å². The third-order valence-corrected chi connectivity index (χ3v) is 2.18. The average Bonchev–Trinajstić information content (AvgIpc) is 2.18. The SMILES string of the molecule is C=C(C)CCC(=O)Cc1ccccc1F. The molecule has 1 rings (SSSR count). The molecule has 0 saturated carbocycles. The molecule has 1 nitrogen and oxygen atoms in total. The molecule has 1 aromatic rings. The minimum absolute atomic E-state index is 0.0584. The summed E-state index contributed by atoms with van der Waals surface area (Å²) in [6, 6.07) is 6.39. The zero-order chi connectivity index (χ0) is 11.3. The van der Waals surface area contributed by atoms with Crippen LogP contribution in [-0.4, -0.2) is 5.78 Å². The van der Waals surface area contributed by atoms with E-state index in [0.717, 1.165) is 5.57 Å². The molecule has 80 valence electrons. The normalized spacial score (nSPS) is 10.0. The van der Waals surface area contributed by atoms with Crippen molar-refractivity contribution >= 4 is 5.78 Å². The van der Waals surface area contributed by atoms with Crippen molar-refractivity contribution in [3.8, 4) is 0 Å². The Morgan fingerprint density at radius 3 is 2.60 bits per heavy atom. The van der Waals surface area contributed by atoms with E-state index in [1.54, 1.807) is 18.2 Å². The first-order valence-corrected chi connectivity index (χ1v) is 4.99. The maximum atomic E-state index is 13.2. The predicted octanol–water partition coefficient (Wildman–Crippen LogP) is 3.29. The number of hydrogen-bond donors (Lipinski definition) is 0. The second-order valence-corrected chi connectivity index (χ2v) is 3.76. The molecule has 0 aliphatic heterocycles. The Morgan fingerprint density at radius 1 is 1.33 bits per heavy atom. The van der Waals surface area contributed by atoms with Crippen LogP contribution in [0.15, 0.2) is 36.4 Å². The Labute approximate surface area is 89.6 Å². The molecule has 0 bridgehead atoms. The van der Waals surface area contributed by atoms with Crippen molar-refractivity contribution in [2.75, 3.05) is 0 Å². The van der Waals surface area contributed by atoms with Crippen molar-refractivity contribution in [3.63, 3.8) is 0 Å². The first-order chi connectivity index (χ1) is 7.09. The van der Waals surface area contributed by atoms with Gasteiger partial charge in [-0.3, -0.25) is 4.79 Å². The van der Waals surface area contributed by atoms with Crippen LogP contribution in [0, 0.1) is 5.82 Å². The van der Waals surface area contributed by atoms with Gasteiger partial charge in [-0.05, 0) is 25.0 Å². The van der Waals surface area contributed by atoms with Crippen molar-refractivity contribution in [2.45, 2.75) is 26.2 Å². The van der Waals surface area contributed by atoms with Gasteiger partial charge in [-0.1, -0.05) is 23.8 Å². The van der Waals surface area contributed by atoms with Crippen LogP contribution in [0.5, 0.6) is 0 Å². The minimum Gasteiger partial charge on any atom is -0.299 e. The Bertz CT molecular complexity index is 369. The molecule has 0 fully saturated rings. The van der Waals surface area contributed by atoms with E-state index in [4.69, 9.17) is 0 Å². The summed E-state index contributed by atoms with van der Waals surface area (Å²) in [5, 5.41) is 0. The van der Waals surface area contributed by atoms with E-state index in [9.17, 15) is 9.18 Å². The summed E-state index contributed by atoms with van der Waals surface area (Å²) >= 11 is 0. The number of allylic oxidation sites excluding steroid dienone is 1. The minimum atomic E-state index is -0.304. The molecular formula is C13H15FO. The second kappa shape index (κ2) is 5.44. The van der Waals surface area contributed by atoms with E-state index in [1.165, 1.54) is 6.07 Å². The highest BCUT2D eigenvalue weighted by Crippen LogP contribution is 2.10. The molecule has 0 heterocycles. The highest BCUT2D eigenvalue weighted by molar-refractivity contribution is 5.81. The lowest BCUT2D eigenvalue weighted by molar-refractivity contribution is -0.118. The van der Waals surface area contributed by atoms with Gasteiger partial charge in [0.1, 0.15) is 11.6 Å². The number of Topliss-reactive ketones (excluding diaryl/α,β-unsaturated/α-hetero) is 1. The van der Waals surface area contributed by atoms with Crippen molar-refractivity contribution in [1.82, 2.24) is 0 Å². The Morgan fingerprint density at radius 2 is 2.00 bits per heavy atom. The Balaban J connectivity index is 2.52. The molecule has 2 heteroatoms. The monoisotopic (exact) mass is 206 g/mol. The van der Waals surface area contributed by atoms with Crippen LogP contribution in [0.1, 0.15) is 25.3 Å². The van der Waals surface area contributed by atoms with Gasteiger partial charge in [0.25, 0.3) is 0 Å². The van der Waals surface area contributed by atoms with Crippen LogP contribution < -0.4 is 0 Å². The Kier molecular flexibility index (Phi) is 4.22. The first-order valence-electron chi connectivity index (χ1n) is 4.99. The fraction of sp³-hybridized carbons (Fsp3) is 0.308. The molecule has 0 spiro atoms. The largest absolute Gasteiger partial charge is 0.299 e. The maximum absolute atomic E-state index is 13.2. The quantitative estimate of drug-likeness (QED) is 0.675. The molecule has 0 N–H and O–H groups in total. The van der Waals surface area contributed by atoms with E-state index in [0.29, 0.717) is 18.4 Å². The molecule has 0 amide bonds. The van der Waals surface area contributed by atoms with Gasteiger partial charge in [0.15, 0.2) is 0 Å². The second-order valence-electron chi connectivity index (χ2n) is 3.76. The van der Waals surface area contributed by atoms with Crippen LogP contribution in [0.3, 0.4) is 0 Å². The number of benzene rings is 1. The molecule has 0 aliphatic rings. The third kappa shape index (κ3) is 4.07. The molecule has 15 heavy (non-hydrogen) atoms. The summed E-state index contributed by atoms with van der Waals surface area (Å²) in [7, 11) is 0. The number of carbonyl (C=O) groups is 1. The summed E-state index contributed by atoms with van der Waals surface area (Å²) in [4.78, 5) is 11.5. The van der Waals surface area contributed by atoms with Crippen molar-refractivity contribution in [2.24, 2.45) is 0 Å².